The fraction of sp³-hybridized carbons (Fsp3) is 0. The predicted molar refractivity (Wildman–Crippen MR) is 66.4 cm³/mol. The van der Waals surface area contributed by atoms with Crippen LogP contribution < -0.4 is 0 Å². The first-order valence-electron chi connectivity index (χ1n) is 5.46. The molecule has 1 aromatic carbocycles. The third-order valence-corrected chi connectivity index (χ3v) is 3.09. The number of nitro benzene ring substituents is 2. The maximum atomic E-state index is 12.2. The van der Waals surface area contributed by atoms with Crippen molar-refractivity contribution < 1.29 is 14.6 Å². The zero-order valence-electron chi connectivity index (χ0n) is 9.77. The Bertz CT molecular complexity index is 800. The Labute approximate surface area is 111 Å². The lowest BCUT2D eigenvalue weighted by atomic mass is 10.0. The lowest BCUT2D eigenvalue weighted by molar-refractivity contribution is -0.393. The number of hydrogen-bond acceptors (Lipinski definition) is 6. The Morgan fingerprint density at radius 3 is 2.40 bits per heavy atom. The van der Waals surface area contributed by atoms with Crippen LogP contribution in [0, 0.1) is 20.2 Å². The first-order valence-corrected chi connectivity index (χ1v) is 5.46. The summed E-state index contributed by atoms with van der Waals surface area (Å²) in [4.78, 5) is 36.4. The van der Waals surface area contributed by atoms with Crippen LogP contribution in [0.3, 0.4) is 0 Å². The van der Waals surface area contributed by atoms with Gasteiger partial charge < -0.3 is 0 Å². The molecule has 0 bridgehead atoms. The van der Waals surface area contributed by atoms with Gasteiger partial charge in [0.15, 0.2) is 5.78 Å². The van der Waals surface area contributed by atoms with Crippen molar-refractivity contribution in [1.82, 2.24) is 4.98 Å². The molecule has 20 heavy (non-hydrogen) atoms. The van der Waals surface area contributed by atoms with Crippen LogP contribution in [0.4, 0.5) is 11.4 Å². The smallest absolute Gasteiger partial charge is 0.284 e. The maximum Gasteiger partial charge on any atom is 0.284 e. The quantitative estimate of drug-likeness (QED) is 0.520. The monoisotopic (exact) mass is 271 g/mol. The van der Waals surface area contributed by atoms with Crippen LogP contribution in [0.1, 0.15) is 15.9 Å². The summed E-state index contributed by atoms with van der Waals surface area (Å²) in [6.07, 6.45) is 2.71. The van der Waals surface area contributed by atoms with E-state index in [1.807, 2.05) is 0 Å². The van der Waals surface area contributed by atoms with Gasteiger partial charge in [-0.15, -0.1) is 0 Å². The molecule has 1 aliphatic carbocycles. The SMILES string of the molecule is O=C1c2cnccc2-c2c1cc([N+](=O)[O-])cc2[N+](=O)[O-]. The van der Waals surface area contributed by atoms with Gasteiger partial charge in [0.1, 0.15) is 0 Å². The predicted octanol–water partition coefficient (Wildman–Crippen LogP) is 2.11. The third-order valence-electron chi connectivity index (χ3n) is 3.09. The van der Waals surface area contributed by atoms with Crippen molar-refractivity contribution in [2.75, 3.05) is 0 Å². The number of carbonyl (C=O) groups is 1. The van der Waals surface area contributed by atoms with E-state index in [-0.39, 0.29) is 16.7 Å². The molecular formula is C12H5N3O5. The Morgan fingerprint density at radius 1 is 1.00 bits per heavy atom. The Hall–Kier alpha value is -3.16. The number of nitro groups is 2. The average molecular weight is 271 g/mol. The number of non-ortho nitro benzene ring substituents is 1. The topological polar surface area (TPSA) is 116 Å². The van der Waals surface area contributed by atoms with E-state index >= 15 is 0 Å². The minimum absolute atomic E-state index is 0.0334. The van der Waals surface area contributed by atoms with Gasteiger partial charge in [-0.2, -0.15) is 0 Å². The van der Waals surface area contributed by atoms with Gasteiger partial charge in [0, 0.05) is 35.2 Å². The number of hydrogen-bond donors (Lipinski definition) is 0. The molecule has 1 aromatic heterocycles. The van der Waals surface area contributed by atoms with Crippen LogP contribution in [-0.4, -0.2) is 20.6 Å². The summed E-state index contributed by atoms with van der Waals surface area (Å²) in [6.45, 7) is 0. The van der Waals surface area contributed by atoms with E-state index in [0.29, 0.717) is 5.56 Å². The lowest BCUT2D eigenvalue weighted by Crippen LogP contribution is -1.99. The number of pyridine rings is 1. The largest absolute Gasteiger partial charge is 0.288 e. The minimum atomic E-state index is -0.762. The molecule has 0 unspecified atom stereocenters. The summed E-state index contributed by atoms with van der Waals surface area (Å²) < 4.78 is 0. The van der Waals surface area contributed by atoms with Gasteiger partial charge in [-0.25, -0.2) is 0 Å². The molecule has 1 aliphatic rings. The molecule has 8 nitrogen and oxygen atoms in total. The molecular weight excluding hydrogens is 266 g/mol. The number of fused-ring (bicyclic) bond motifs is 3. The molecule has 0 aliphatic heterocycles. The van der Waals surface area contributed by atoms with E-state index in [9.17, 15) is 25.0 Å². The number of nitrogens with zero attached hydrogens (tertiary/aromatic N) is 3. The second kappa shape index (κ2) is 3.92. The Balaban J connectivity index is 2.41. The summed E-state index contributed by atoms with van der Waals surface area (Å²) in [7, 11) is 0. The van der Waals surface area contributed by atoms with Gasteiger partial charge in [0.25, 0.3) is 11.4 Å². The van der Waals surface area contributed by atoms with Crippen molar-refractivity contribution in [2.24, 2.45) is 0 Å². The first kappa shape index (κ1) is 11.9. The zero-order valence-corrected chi connectivity index (χ0v) is 9.77. The van der Waals surface area contributed by atoms with Crippen LogP contribution in [0.25, 0.3) is 11.1 Å². The third kappa shape index (κ3) is 1.48. The van der Waals surface area contributed by atoms with E-state index in [4.69, 9.17) is 0 Å². The van der Waals surface area contributed by atoms with Gasteiger partial charge in [-0.3, -0.25) is 30.0 Å². The number of ketones is 1. The summed E-state index contributed by atoms with van der Waals surface area (Å²) >= 11 is 0. The molecule has 8 heteroatoms. The van der Waals surface area contributed by atoms with Crippen molar-refractivity contribution in [1.29, 1.82) is 0 Å². The molecule has 0 radical (unpaired) electrons. The molecule has 1 heterocycles. The van der Waals surface area contributed by atoms with Gasteiger partial charge in [-0.05, 0) is 6.07 Å². The first-order chi connectivity index (χ1) is 9.50. The van der Waals surface area contributed by atoms with Gasteiger partial charge in [-0.1, -0.05) is 0 Å². The Kier molecular flexibility index (Phi) is 2.33. The molecule has 0 saturated heterocycles. The molecule has 0 saturated carbocycles. The van der Waals surface area contributed by atoms with Crippen molar-refractivity contribution in [3.8, 4) is 11.1 Å². The fourth-order valence-corrected chi connectivity index (χ4v) is 2.26. The number of rotatable bonds is 2. The van der Waals surface area contributed by atoms with E-state index in [1.54, 1.807) is 0 Å². The number of aromatic nitrogens is 1. The summed E-state index contributed by atoms with van der Waals surface area (Å²) in [6, 6.07) is 3.41. The van der Waals surface area contributed by atoms with Gasteiger partial charge >= 0.3 is 0 Å². The normalized spacial score (nSPS) is 11.9. The van der Waals surface area contributed by atoms with Crippen LogP contribution in [-0.2, 0) is 0 Å². The molecule has 0 fully saturated rings. The van der Waals surface area contributed by atoms with E-state index < -0.39 is 27.0 Å². The number of carbonyl (C=O) groups excluding carboxylic acids is 1. The van der Waals surface area contributed by atoms with Crippen LogP contribution in [0.5, 0.6) is 0 Å². The van der Waals surface area contributed by atoms with Crippen molar-refractivity contribution >= 4 is 17.2 Å². The second-order valence-electron chi connectivity index (χ2n) is 4.15. The van der Waals surface area contributed by atoms with Crippen molar-refractivity contribution in [3.63, 3.8) is 0 Å². The zero-order chi connectivity index (χ0) is 14.4. The standard InChI is InChI=1S/C12H5N3O5/c16-12-8-3-6(14(17)18)4-10(15(19)20)11(8)7-1-2-13-5-9(7)12/h1-5H. The highest BCUT2D eigenvalue weighted by atomic mass is 16.6. The highest BCUT2D eigenvalue weighted by molar-refractivity contribution is 6.23. The van der Waals surface area contributed by atoms with Gasteiger partial charge in [0.2, 0.25) is 0 Å². The fourth-order valence-electron chi connectivity index (χ4n) is 2.26. The van der Waals surface area contributed by atoms with Crippen molar-refractivity contribution in [3.05, 3.63) is 61.9 Å². The second-order valence-corrected chi connectivity index (χ2v) is 4.15. The highest BCUT2D eigenvalue weighted by Crippen LogP contribution is 2.43. The summed E-state index contributed by atoms with van der Waals surface area (Å²) in [5.74, 6) is -0.491. The molecule has 0 atom stereocenters. The highest BCUT2D eigenvalue weighted by Gasteiger charge is 2.35. The van der Waals surface area contributed by atoms with Gasteiger partial charge in [0.05, 0.1) is 21.5 Å². The average Bonchev–Trinajstić information content (AvgIpc) is 2.72. The molecule has 0 amide bonds. The van der Waals surface area contributed by atoms with Crippen LogP contribution in [0.15, 0.2) is 30.6 Å². The molecule has 0 spiro atoms. The molecule has 98 valence electrons. The maximum absolute atomic E-state index is 12.2. The van der Waals surface area contributed by atoms with E-state index in [1.165, 1.54) is 18.5 Å². The Morgan fingerprint density at radius 2 is 1.75 bits per heavy atom. The summed E-state index contributed by atoms with van der Waals surface area (Å²) in [5, 5.41) is 21.9. The molecule has 0 N–H and O–H groups in total. The van der Waals surface area contributed by atoms with E-state index in [2.05, 4.69) is 4.98 Å². The molecule has 2 aromatic rings. The number of benzene rings is 1. The lowest BCUT2D eigenvalue weighted by Gasteiger charge is -2.01. The minimum Gasteiger partial charge on any atom is -0.288 e. The van der Waals surface area contributed by atoms with E-state index in [0.717, 1.165) is 12.1 Å². The summed E-state index contributed by atoms with van der Waals surface area (Å²) in [5.41, 5.74) is -0.262. The van der Waals surface area contributed by atoms with Crippen LogP contribution in [0.2, 0.25) is 0 Å². The molecule has 3 rings (SSSR count). The van der Waals surface area contributed by atoms with Crippen molar-refractivity contribution in [2.45, 2.75) is 0 Å². The van der Waals surface area contributed by atoms with Crippen LogP contribution >= 0.6 is 0 Å².